The maximum absolute atomic E-state index is 11.3. The molecule has 0 radical (unpaired) electrons. The minimum Gasteiger partial charge on any atom is -0.394 e. The summed E-state index contributed by atoms with van der Waals surface area (Å²) in [6.45, 7) is -1.83. The average Bonchev–Trinajstić information content (AvgIpc) is 3.16. The van der Waals surface area contributed by atoms with E-state index in [2.05, 4.69) is 0 Å². The lowest BCUT2D eigenvalue weighted by Crippen LogP contribution is -2.66. The van der Waals surface area contributed by atoms with Crippen molar-refractivity contribution in [2.24, 2.45) is 0 Å². The third kappa shape index (κ3) is 9.42. The fourth-order valence-electron chi connectivity index (χ4n) is 6.75. The van der Waals surface area contributed by atoms with E-state index in [1.807, 2.05) is 0 Å². The molecule has 0 aromatic rings. The predicted octanol–water partition coefficient (Wildman–Crippen LogP) is -10.9. The first kappa shape index (κ1) is 45.1. The molecule has 5 fully saturated rings. The lowest BCUT2D eigenvalue weighted by atomic mass is 9.96. The minimum absolute atomic E-state index is 0.745. The first-order valence-electron chi connectivity index (χ1n) is 17.5. The van der Waals surface area contributed by atoms with E-state index >= 15 is 0 Å². The van der Waals surface area contributed by atoms with Crippen molar-refractivity contribution in [3.05, 3.63) is 0 Å². The Hall–Kier alpha value is -1.00. The SMILES string of the molecule is C[C@H]1O[C@H](O[C@@H]2[C@H](O)[C@@H](OC[C@H]3O[C@@H](O)[C@@H](O)[C@@H](O[C@H]4O[C@H](CO)[C@@H](O)[C@H](O)[C@@H]4O)[C@@H]3O)O[C@H](CO[C@H]3O[C@H](CO)[C@@H](O)[C@H](O)[C@@H]3O)[C@H]2O)[C@@H](O)[C@@H](O)[C@@H]1O. The average molecular weight is 813 g/mol. The summed E-state index contributed by atoms with van der Waals surface area (Å²) in [7, 11) is 0. The number of ether oxygens (including phenoxy) is 9. The van der Waals surface area contributed by atoms with E-state index in [0.29, 0.717) is 0 Å². The van der Waals surface area contributed by atoms with Crippen molar-refractivity contribution < 1.29 is 124 Å². The maximum Gasteiger partial charge on any atom is 0.187 e. The van der Waals surface area contributed by atoms with Crippen LogP contribution < -0.4 is 0 Å². The van der Waals surface area contributed by atoms with Gasteiger partial charge in [-0.3, -0.25) is 0 Å². The highest BCUT2D eigenvalue weighted by Crippen LogP contribution is 2.33. The Morgan fingerprint density at radius 3 is 1.25 bits per heavy atom. The van der Waals surface area contributed by atoms with Gasteiger partial charge in [0.25, 0.3) is 0 Å². The molecule has 322 valence electrons. The van der Waals surface area contributed by atoms with Gasteiger partial charge in [-0.1, -0.05) is 0 Å². The summed E-state index contributed by atoms with van der Waals surface area (Å²) in [6, 6.07) is 0. The van der Waals surface area contributed by atoms with Crippen molar-refractivity contribution in [1.82, 2.24) is 0 Å². The smallest absolute Gasteiger partial charge is 0.187 e. The van der Waals surface area contributed by atoms with Gasteiger partial charge in [0.15, 0.2) is 31.5 Å². The zero-order valence-electron chi connectivity index (χ0n) is 29.1. The monoisotopic (exact) mass is 812 g/mol. The van der Waals surface area contributed by atoms with Crippen LogP contribution in [0.5, 0.6) is 0 Å². The molecular formula is C30H52O25. The first-order chi connectivity index (χ1) is 25.9. The molecule has 55 heavy (non-hydrogen) atoms. The molecule has 0 unspecified atom stereocenters. The van der Waals surface area contributed by atoms with Crippen LogP contribution in [0.4, 0.5) is 0 Å². The summed E-state index contributed by atoms with van der Waals surface area (Å²) in [5, 5.41) is 166. The fraction of sp³-hybridized carbons (Fsp3) is 1.00. The molecule has 25 heteroatoms. The van der Waals surface area contributed by atoms with Gasteiger partial charge < -0.3 is 124 Å². The predicted molar refractivity (Wildman–Crippen MR) is 165 cm³/mol. The molecule has 5 saturated heterocycles. The standard InChI is InChI=1S/C30H52O25/c1-6-11(33)16(38)20(42)29(49-6)55-25-15(37)10(5-47-27-19(41)17(39)12(34)7(2-31)51-27)53-28(23(25)45)48-4-9-14(36)24(22(44)26(46)50-9)54-30-21(43)18(40)13(35)8(3-32)52-30/h6-46H,2-5H2,1H3/t6-,7-,8-,9-,10-,11-,12-,13-,14-,15-,16+,17+,18+,19+,20+,21+,22+,23+,24+,25+,26-,27+,28+,29-,30-/m1/s1. The van der Waals surface area contributed by atoms with E-state index in [1.165, 1.54) is 6.92 Å². The molecule has 0 aliphatic carbocycles. The van der Waals surface area contributed by atoms with Crippen molar-refractivity contribution in [3.63, 3.8) is 0 Å². The Labute approximate surface area is 311 Å². The van der Waals surface area contributed by atoms with Crippen LogP contribution in [0.1, 0.15) is 6.92 Å². The van der Waals surface area contributed by atoms with Gasteiger partial charge in [-0.05, 0) is 6.92 Å². The number of aliphatic hydroxyl groups excluding tert-OH is 16. The Kier molecular flexibility index (Phi) is 15.5. The van der Waals surface area contributed by atoms with E-state index in [0.717, 1.165) is 0 Å². The molecule has 0 spiro atoms. The molecule has 5 aliphatic rings. The van der Waals surface area contributed by atoms with E-state index in [-0.39, 0.29) is 0 Å². The summed E-state index contributed by atoms with van der Waals surface area (Å²) < 4.78 is 49.2. The summed E-state index contributed by atoms with van der Waals surface area (Å²) in [5.74, 6) is 0. The third-order valence-corrected chi connectivity index (χ3v) is 10.2. The molecule has 0 aromatic carbocycles. The van der Waals surface area contributed by atoms with Gasteiger partial charge in [0, 0.05) is 0 Å². The van der Waals surface area contributed by atoms with Crippen LogP contribution in [-0.4, -0.2) is 262 Å². The quantitative estimate of drug-likeness (QED) is 0.0870. The second-order valence-electron chi connectivity index (χ2n) is 14.0. The summed E-state index contributed by atoms with van der Waals surface area (Å²) in [4.78, 5) is 0. The Morgan fingerprint density at radius 2 is 0.745 bits per heavy atom. The zero-order valence-corrected chi connectivity index (χ0v) is 29.1. The highest BCUT2D eigenvalue weighted by molar-refractivity contribution is 4.97. The number of aliphatic hydroxyl groups is 16. The second-order valence-corrected chi connectivity index (χ2v) is 14.0. The van der Waals surface area contributed by atoms with Gasteiger partial charge >= 0.3 is 0 Å². The van der Waals surface area contributed by atoms with Gasteiger partial charge in [-0.15, -0.1) is 0 Å². The third-order valence-electron chi connectivity index (χ3n) is 10.2. The molecule has 25 atom stereocenters. The van der Waals surface area contributed by atoms with E-state index in [9.17, 15) is 81.7 Å². The molecule has 0 saturated carbocycles. The number of hydrogen-bond acceptors (Lipinski definition) is 25. The highest BCUT2D eigenvalue weighted by Gasteiger charge is 2.54. The van der Waals surface area contributed by atoms with Crippen LogP contribution >= 0.6 is 0 Å². The Morgan fingerprint density at radius 1 is 0.364 bits per heavy atom. The lowest BCUT2D eigenvalue weighted by Gasteiger charge is -2.47. The van der Waals surface area contributed by atoms with Crippen LogP contribution in [0.2, 0.25) is 0 Å². The van der Waals surface area contributed by atoms with Crippen LogP contribution in [-0.2, 0) is 42.6 Å². The van der Waals surface area contributed by atoms with Gasteiger partial charge in [0.1, 0.15) is 116 Å². The molecule has 5 aliphatic heterocycles. The van der Waals surface area contributed by atoms with Crippen LogP contribution in [0, 0.1) is 0 Å². The van der Waals surface area contributed by atoms with Crippen molar-refractivity contribution >= 4 is 0 Å². The Balaban J connectivity index is 1.31. The largest absolute Gasteiger partial charge is 0.394 e. The zero-order chi connectivity index (χ0) is 40.6. The van der Waals surface area contributed by atoms with Crippen molar-refractivity contribution in [2.45, 2.75) is 160 Å². The van der Waals surface area contributed by atoms with Crippen molar-refractivity contribution in [3.8, 4) is 0 Å². The summed E-state index contributed by atoms with van der Waals surface area (Å²) in [5.41, 5.74) is 0. The minimum atomic E-state index is -2.09. The van der Waals surface area contributed by atoms with Crippen LogP contribution in [0.15, 0.2) is 0 Å². The molecule has 16 N–H and O–H groups in total. The van der Waals surface area contributed by atoms with E-state index in [1.54, 1.807) is 0 Å². The van der Waals surface area contributed by atoms with E-state index in [4.69, 9.17) is 42.6 Å². The topological polar surface area (TPSA) is 407 Å². The second kappa shape index (κ2) is 18.9. The molecule has 25 nitrogen and oxygen atoms in total. The molecule has 5 rings (SSSR count). The summed E-state index contributed by atoms with van der Waals surface area (Å²) >= 11 is 0. The maximum atomic E-state index is 11.3. The van der Waals surface area contributed by atoms with Crippen LogP contribution in [0.3, 0.4) is 0 Å². The van der Waals surface area contributed by atoms with Crippen LogP contribution in [0.25, 0.3) is 0 Å². The van der Waals surface area contributed by atoms with Gasteiger partial charge in [-0.25, -0.2) is 0 Å². The fourth-order valence-corrected chi connectivity index (χ4v) is 6.75. The number of rotatable bonds is 12. The molecule has 0 aromatic heterocycles. The summed E-state index contributed by atoms with van der Waals surface area (Å²) in [6.07, 6.45) is -44.3. The van der Waals surface area contributed by atoms with E-state index < -0.39 is 180 Å². The van der Waals surface area contributed by atoms with Crippen molar-refractivity contribution in [1.29, 1.82) is 0 Å². The molecule has 0 bridgehead atoms. The van der Waals surface area contributed by atoms with Gasteiger partial charge in [0.2, 0.25) is 0 Å². The highest BCUT2D eigenvalue weighted by atomic mass is 16.8. The first-order valence-corrected chi connectivity index (χ1v) is 17.5. The number of hydrogen-bond donors (Lipinski definition) is 16. The molecular weight excluding hydrogens is 760 g/mol. The van der Waals surface area contributed by atoms with Crippen molar-refractivity contribution in [2.75, 3.05) is 26.4 Å². The molecule has 5 heterocycles. The van der Waals surface area contributed by atoms with Gasteiger partial charge in [0.05, 0.1) is 32.5 Å². The lowest BCUT2D eigenvalue weighted by molar-refractivity contribution is -0.373. The Bertz CT molecular complexity index is 1190. The molecule has 0 amide bonds. The van der Waals surface area contributed by atoms with Gasteiger partial charge in [-0.2, -0.15) is 0 Å². The normalized spacial score (nSPS) is 53.9.